The van der Waals surface area contributed by atoms with Gasteiger partial charge in [-0.05, 0) is 44.6 Å². The minimum Gasteiger partial charge on any atom is -0.327 e. The van der Waals surface area contributed by atoms with E-state index in [1.165, 1.54) is 24.2 Å². The van der Waals surface area contributed by atoms with E-state index in [9.17, 15) is 0 Å². The van der Waals surface area contributed by atoms with E-state index in [0.717, 1.165) is 19.4 Å². The second-order valence-electron chi connectivity index (χ2n) is 4.50. The molecule has 1 fully saturated rings. The van der Waals surface area contributed by atoms with Crippen molar-refractivity contribution in [1.29, 1.82) is 0 Å². The van der Waals surface area contributed by atoms with E-state index in [1.54, 1.807) is 0 Å². The van der Waals surface area contributed by atoms with Gasteiger partial charge in [0.05, 0.1) is 5.69 Å². The molecule has 0 aromatic carbocycles. The second kappa shape index (κ2) is 4.35. The third-order valence-corrected chi connectivity index (χ3v) is 3.52. The molecule has 1 saturated carbocycles. The highest BCUT2D eigenvalue weighted by molar-refractivity contribution is 5.12. The Hall–Kier alpha value is -0.830. The van der Waals surface area contributed by atoms with Gasteiger partial charge in [0.2, 0.25) is 0 Å². The summed E-state index contributed by atoms with van der Waals surface area (Å²) in [5, 5.41) is 4.56. The Labute approximate surface area is 91.7 Å². The molecule has 3 heteroatoms. The van der Waals surface area contributed by atoms with Crippen LogP contribution in [-0.4, -0.2) is 15.8 Å². The van der Waals surface area contributed by atoms with Crippen LogP contribution in [0.5, 0.6) is 0 Å². The van der Waals surface area contributed by atoms with Crippen molar-refractivity contribution in [1.82, 2.24) is 9.78 Å². The summed E-state index contributed by atoms with van der Waals surface area (Å²) in [6.45, 7) is 5.27. The lowest BCUT2D eigenvalue weighted by atomic mass is 9.77. The number of nitrogens with two attached hydrogens (primary N) is 1. The molecular formula is C12H21N3. The van der Waals surface area contributed by atoms with Crippen LogP contribution in [0.4, 0.5) is 0 Å². The minimum atomic E-state index is 0.426. The quantitative estimate of drug-likeness (QED) is 0.817. The van der Waals surface area contributed by atoms with E-state index in [-0.39, 0.29) is 0 Å². The molecule has 0 amide bonds. The van der Waals surface area contributed by atoms with Gasteiger partial charge in [0, 0.05) is 18.3 Å². The summed E-state index contributed by atoms with van der Waals surface area (Å²) in [6, 6.07) is 2.67. The van der Waals surface area contributed by atoms with Crippen LogP contribution in [0.15, 0.2) is 6.07 Å². The summed E-state index contributed by atoms with van der Waals surface area (Å²) in [4.78, 5) is 0. The van der Waals surface area contributed by atoms with Gasteiger partial charge in [0.1, 0.15) is 0 Å². The predicted octanol–water partition coefficient (Wildman–Crippen LogP) is 1.75. The van der Waals surface area contributed by atoms with Crippen LogP contribution in [0.1, 0.15) is 38.1 Å². The maximum Gasteiger partial charge on any atom is 0.0624 e. The number of aryl methyl sites for hydroxylation is 2. The number of nitrogens with zero attached hydrogens (tertiary/aromatic N) is 2. The van der Waals surface area contributed by atoms with Gasteiger partial charge in [-0.15, -0.1) is 0 Å². The lowest BCUT2D eigenvalue weighted by Crippen LogP contribution is -2.40. The summed E-state index contributed by atoms with van der Waals surface area (Å²) >= 11 is 0. The van der Waals surface area contributed by atoms with Gasteiger partial charge in [-0.1, -0.05) is 6.92 Å². The molecule has 1 aliphatic rings. The van der Waals surface area contributed by atoms with Crippen LogP contribution < -0.4 is 5.73 Å². The Kier molecular flexibility index (Phi) is 3.10. The van der Waals surface area contributed by atoms with Crippen molar-refractivity contribution < 1.29 is 0 Å². The van der Waals surface area contributed by atoms with Crippen molar-refractivity contribution >= 4 is 0 Å². The fraction of sp³-hybridized carbons (Fsp3) is 0.750. The smallest absolute Gasteiger partial charge is 0.0624 e. The molecule has 2 atom stereocenters. The van der Waals surface area contributed by atoms with Crippen molar-refractivity contribution in [3.8, 4) is 0 Å². The fourth-order valence-corrected chi connectivity index (χ4v) is 2.24. The molecule has 1 aromatic heterocycles. The molecule has 2 rings (SSSR count). The van der Waals surface area contributed by atoms with Gasteiger partial charge < -0.3 is 5.73 Å². The highest BCUT2D eigenvalue weighted by atomic mass is 15.3. The molecule has 1 aliphatic carbocycles. The first-order chi connectivity index (χ1) is 7.24. The Balaban J connectivity index is 2.08. The highest BCUT2D eigenvalue weighted by Gasteiger charge is 2.28. The van der Waals surface area contributed by atoms with Crippen molar-refractivity contribution in [2.24, 2.45) is 11.7 Å². The molecule has 0 spiro atoms. The second-order valence-corrected chi connectivity index (χ2v) is 4.50. The van der Waals surface area contributed by atoms with Gasteiger partial charge in [-0.3, -0.25) is 4.68 Å². The van der Waals surface area contributed by atoms with Gasteiger partial charge in [-0.25, -0.2) is 0 Å². The largest absolute Gasteiger partial charge is 0.327 e. The average Bonchev–Trinajstić information content (AvgIpc) is 2.66. The third-order valence-electron chi connectivity index (χ3n) is 3.52. The molecule has 1 heterocycles. The number of hydrogen-bond acceptors (Lipinski definition) is 2. The topological polar surface area (TPSA) is 43.8 Å². The van der Waals surface area contributed by atoms with Gasteiger partial charge in [0.25, 0.3) is 0 Å². The number of aromatic nitrogens is 2. The minimum absolute atomic E-state index is 0.426. The van der Waals surface area contributed by atoms with Gasteiger partial charge in [0.15, 0.2) is 0 Å². The summed E-state index contributed by atoms with van der Waals surface area (Å²) in [6.07, 6.45) is 4.63. The molecule has 0 radical (unpaired) electrons. The first-order valence-electron chi connectivity index (χ1n) is 6.05. The van der Waals surface area contributed by atoms with Crippen molar-refractivity contribution in [3.05, 3.63) is 17.5 Å². The maximum atomic E-state index is 5.97. The lowest BCUT2D eigenvalue weighted by Gasteiger charge is -2.33. The van der Waals surface area contributed by atoms with Crippen molar-refractivity contribution in [2.75, 3.05) is 0 Å². The monoisotopic (exact) mass is 207 g/mol. The molecule has 2 unspecified atom stereocenters. The molecule has 15 heavy (non-hydrogen) atoms. The standard InChI is InChI=1S/C12H21N3/c1-3-10-8-11(15(4-2)14-10)7-9-5-6-12(9)13/h8-9,12H,3-7,13H2,1-2H3. The van der Waals surface area contributed by atoms with Crippen LogP contribution in [0.25, 0.3) is 0 Å². The predicted molar refractivity (Wildman–Crippen MR) is 61.7 cm³/mol. The lowest BCUT2D eigenvalue weighted by molar-refractivity contribution is 0.251. The zero-order chi connectivity index (χ0) is 10.8. The zero-order valence-corrected chi connectivity index (χ0v) is 9.74. The van der Waals surface area contributed by atoms with E-state index >= 15 is 0 Å². The first-order valence-corrected chi connectivity index (χ1v) is 6.05. The number of hydrogen-bond donors (Lipinski definition) is 1. The highest BCUT2D eigenvalue weighted by Crippen LogP contribution is 2.29. The Morgan fingerprint density at radius 1 is 1.47 bits per heavy atom. The first kappa shape index (κ1) is 10.7. The SMILES string of the molecule is CCc1cc(CC2CCC2N)n(CC)n1. The average molecular weight is 207 g/mol. The normalized spacial score (nSPS) is 25.3. The van der Waals surface area contributed by atoms with Crippen LogP contribution in [-0.2, 0) is 19.4 Å². The molecule has 0 bridgehead atoms. The molecule has 2 N–H and O–H groups in total. The summed E-state index contributed by atoms with van der Waals surface area (Å²) < 4.78 is 2.13. The van der Waals surface area contributed by atoms with E-state index in [0.29, 0.717) is 12.0 Å². The van der Waals surface area contributed by atoms with Crippen LogP contribution in [0.3, 0.4) is 0 Å². The van der Waals surface area contributed by atoms with E-state index in [1.807, 2.05) is 0 Å². The van der Waals surface area contributed by atoms with E-state index < -0.39 is 0 Å². The van der Waals surface area contributed by atoms with Crippen LogP contribution >= 0.6 is 0 Å². The molecule has 84 valence electrons. The van der Waals surface area contributed by atoms with Gasteiger partial charge in [-0.2, -0.15) is 5.10 Å². The molecule has 0 aliphatic heterocycles. The van der Waals surface area contributed by atoms with E-state index in [4.69, 9.17) is 5.73 Å². The third kappa shape index (κ3) is 2.07. The Morgan fingerprint density at radius 3 is 2.73 bits per heavy atom. The Bertz CT molecular complexity index is 330. The van der Waals surface area contributed by atoms with Gasteiger partial charge >= 0.3 is 0 Å². The van der Waals surface area contributed by atoms with Crippen LogP contribution in [0, 0.1) is 5.92 Å². The molecule has 0 saturated heterocycles. The molecule has 1 aromatic rings. The number of rotatable bonds is 4. The summed E-state index contributed by atoms with van der Waals surface area (Å²) in [5.74, 6) is 0.691. The Morgan fingerprint density at radius 2 is 2.27 bits per heavy atom. The molecular weight excluding hydrogens is 186 g/mol. The van der Waals surface area contributed by atoms with Crippen molar-refractivity contribution in [2.45, 2.75) is 52.1 Å². The summed E-state index contributed by atoms with van der Waals surface area (Å²) in [7, 11) is 0. The zero-order valence-electron chi connectivity index (χ0n) is 9.74. The summed E-state index contributed by atoms with van der Waals surface area (Å²) in [5.41, 5.74) is 8.55. The van der Waals surface area contributed by atoms with Crippen LogP contribution in [0.2, 0.25) is 0 Å². The van der Waals surface area contributed by atoms with E-state index in [2.05, 4.69) is 29.7 Å². The maximum absolute atomic E-state index is 5.97. The van der Waals surface area contributed by atoms with Crippen molar-refractivity contribution in [3.63, 3.8) is 0 Å². The fourth-order valence-electron chi connectivity index (χ4n) is 2.24. The molecule has 3 nitrogen and oxygen atoms in total.